The van der Waals surface area contributed by atoms with Gasteiger partial charge in [-0.25, -0.2) is 0 Å². The number of hydrogen-bond donors (Lipinski definition) is 0. The molecule has 0 bridgehead atoms. The molecule has 72 valence electrons. The summed E-state index contributed by atoms with van der Waals surface area (Å²) in [5, 5.41) is 0. The molecule has 0 atom stereocenters. The van der Waals surface area contributed by atoms with Gasteiger partial charge in [0.15, 0.2) is 0 Å². The van der Waals surface area contributed by atoms with E-state index >= 15 is 0 Å². The van der Waals surface area contributed by atoms with Crippen LogP contribution < -0.4 is 0 Å². The van der Waals surface area contributed by atoms with E-state index in [0.29, 0.717) is 5.88 Å². The maximum atomic E-state index is 5.74. The van der Waals surface area contributed by atoms with Crippen LogP contribution in [0.3, 0.4) is 0 Å². The molecule has 2 nitrogen and oxygen atoms in total. The molecule has 3 heteroatoms. The second-order valence-electron chi connectivity index (χ2n) is 3.47. The molecule has 0 aliphatic heterocycles. The molecule has 1 fully saturated rings. The van der Waals surface area contributed by atoms with Crippen molar-refractivity contribution in [2.75, 3.05) is 12.4 Å². The molecule has 0 saturated heterocycles. The van der Waals surface area contributed by atoms with Gasteiger partial charge in [-0.3, -0.25) is 4.90 Å². The molecule has 2 rings (SSSR count). The Hall–Kier alpha value is -0.470. The van der Waals surface area contributed by atoms with E-state index in [2.05, 4.69) is 4.90 Å². The average Bonchev–Trinajstić information content (AvgIpc) is 2.85. The van der Waals surface area contributed by atoms with E-state index in [0.717, 1.165) is 24.9 Å². The lowest BCUT2D eigenvalue weighted by Gasteiger charge is -2.18. The summed E-state index contributed by atoms with van der Waals surface area (Å²) in [6.07, 6.45) is 4.36. The van der Waals surface area contributed by atoms with Gasteiger partial charge in [-0.15, -0.1) is 11.6 Å². The molecule has 1 aromatic heterocycles. The molecule has 1 aliphatic rings. The molecule has 0 unspecified atom stereocenters. The van der Waals surface area contributed by atoms with Crippen LogP contribution in [0.1, 0.15) is 18.6 Å². The van der Waals surface area contributed by atoms with E-state index in [1.807, 2.05) is 12.1 Å². The highest BCUT2D eigenvalue weighted by atomic mass is 35.5. The zero-order valence-electron chi connectivity index (χ0n) is 7.58. The Kier molecular flexibility index (Phi) is 2.91. The monoisotopic (exact) mass is 199 g/mol. The van der Waals surface area contributed by atoms with Crippen LogP contribution in [-0.4, -0.2) is 23.4 Å². The van der Waals surface area contributed by atoms with Crippen molar-refractivity contribution < 1.29 is 4.42 Å². The Bertz CT molecular complexity index is 243. The van der Waals surface area contributed by atoms with Gasteiger partial charge in [-0.1, -0.05) is 0 Å². The van der Waals surface area contributed by atoms with Crippen molar-refractivity contribution in [2.24, 2.45) is 0 Å². The lowest BCUT2D eigenvalue weighted by atomic mass is 10.4. The molecular weight excluding hydrogens is 186 g/mol. The SMILES string of the molecule is ClCCN(Cc1ccco1)C1CC1. The first-order chi connectivity index (χ1) is 6.40. The standard InChI is InChI=1S/C10H14ClNO/c11-5-6-12(9-3-4-9)8-10-2-1-7-13-10/h1-2,7,9H,3-6,8H2. The van der Waals surface area contributed by atoms with Gasteiger partial charge in [0.25, 0.3) is 0 Å². The fourth-order valence-corrected chi connectivity index (χ4v) is 1.76. The Labute approximate surface area is 83.5 Å². The van der Waals surface area contributed by atoms with Gasteiger partial charge < -0.3 is 4.42 Å². The van der Waals surface area contributed by atoms with Crippen molar-refractivity contribution in [2.45, 2.75) is 25.4 Å². The van der Waals surface area contributed by atoms with Crippen molar-refractivity contribution in [3.63, 3.8) is 0 Å². The van der Waals surface area contributed by atoms with Gasteiger partial charge in [0.05, 0.1) is 12.8 Å². The van der Waals surface area contributed by atoms with Crippen LogP contribution in [-0.2, 0) is 6.54 Å². The summed E-state index contributed by atoms with van der Waals surface area (Å²) in [6, 6.07) is 4.70. The second kappa shape index (κ2) is 4.16. The van der Waals surface area contributed by atoms with Crippen molar-refractivity contribution in [3.05, 3.63) is 24.2 Å². The summed E-state index contributed by atoms with van der Waals surface area (Å²) in [5.74, 6) is 1.74. The fraction of sp³-hybridized carbons (Fsp3) is 0.600. The molecule has 0 amide bonds. The Morgan fingerprint density at radius 2 is 2.38 bits per heavy atom. The van der Waals surface area contributed by atoms with Gasteiger partial charge >= 0.3 is 0 Å². The van der Waals surface area contributed by atoms with Gasteiger partial charge in [0.2, 0.25) is 0 Å². The summed E-state index contributed by atoms with van der Waals surface area (Å²) in [5.41, 5.74) is 0. The predicted octanol–water partition coefficient (Wildman–Crippen LogP) is 2.48. The Morgan fingerprint density at radius 3 is 2.92 bits per heavy atom. The van der Waals surface area contributed by atoms with Gasteiger partial charge in [0.1, 0.15) is 5.76 Å². The smallest absolute Gasteiger partial charge is 0.117 e. The van der Waals surface area contributed by atoms with Crippen LogP contribution in [0.25, 0.3) is 0 Å². The third kappa shape index (κ3) is 2.48. The maximum absolute atomic E-state index is 5.74. The zero-order valence-corrected chi connectivity index (χ0v) is 8.33. The molecule has 0 radical (unpaired) electrons. The normalized spacial score (nSPS) is 16.8. The topological polar surface area (TPSA) is 16.4 Å². The van der Waals surface area contributed by atoms with E-state index in [9.17, 15) is 0 Å². The third-order valence-corrected chi connectivity index (χ3v) is 2.54. The molecule has 0 N–H and O–H groups in total. The number of alkyl halides is 1. The largest absolute Gasteiger partial charge is 0.468 e. The van der Waals surface area contributed by atoms with Crippen molar-refractivity contribution in [3.8, 4) is 0 Å². The minimum absolute atomic E-state index is 0.706. The lowest BCUT2D eigenvalue weighted by Crippen LogP contribution is -2.27. The van der Waals surface area contributed by atoms with Crippen molar-refractivity contribution in [1.82, 2.24) is 4.90 Å². The number of rotatable bonds is 5. The molecule has 1 heterocycles. The van der Waals surface area contributed by atoms with Crippen molar-refractivity contribution in [1.29, 1.82) is 0 Å². The molecule has 0 spiro atoms. The summed E-state index contributed by atoms with van der Waals surface area (Å²) >= 11 is 5.74. The first-order valence-electron chi connectivity index (χ1n) is 4.72. The second-order valence-corrected chi connectivity index (χ2v) is 3.85. The van der Waals surface area contributed by atoms with E-state index < -0.39 is 0 Å². The van der Waals surface area contributed by atoms with E-state index in [1.165, 1.54) is 12.8 Å². The number of furan rings is 1. The molecule has 1 aromatic rings. The van der Waals surface area contributed by atoms with Crippen LogP contribution in [0.2, 0.25) is 0 Å². The number of halogens is 1. The average molecular weight is 200 g/mol. The molecular formula is C10H14ClNO. The highest BCUT2D eigenvalue weighted by molar-refractivity contribution is 6.18. The highest BCUT2D eigenvalue weighted by Gasteiger charge is 2.28. The first kappa shape index (κ1) is 9.10. The maximum Gasteiger partial charge on any atom is 0.117 e. The first-order valence-corrected chi connectivity index (χ1v) is 5.26. The van der Waals surface area contributed by atoms with Crippen LogP contribution in [0, 0.1) is 0 Å². The predicted molar refractivity (Wildman–Crippen MR) is 52.9 cm³/mol. The number of nitrogens with zero attached hydrogens (tertiary/aromatic N) is 1. The minimum Gasteiger partial charge on any atom is -0.468 e. The van der Waals surface area contributed by atoms with Crippen LogP contribution in [0.4, 0.5) is 0 Å². The molecule has 13 heavy (non-hydrogen) atoms. The summed E-state index contributed by atoms with van der Waals surface area (Å²) in [4.78, 5) is 2.39. The molecule has 1 saturated carbocycles. The van der Waals surface area contributed by atoms with E-state index in [1.54, 1.807) is 6.26 Å². The quantitative estimate of drug-likeness (QED) is 0.678. The highest BCUT2D eigenvalue weighted by Crippen LogP contribution is 2.28. The van der Waals surface area contributed by atoms with Crippen molar-refractivity contribution >= 4 is 11.6 Å². The summed E-state index contributed by atoms with van der Waals surface area (Å²) in [7, 11) is 0. The van der Waals surface area contributed by atoms with E-state index in [-0.39, 0.29) is 0 Å². The van der Waals surface area contributed by atoms with Crippen LogP contribution in [0.5, 0.6) is 0 Å². The minimum atomic E-state index is 0.706. The van der Waals surface area contributed by atoms with Gasteiger partial charge in [-0.2, -0.15) is 0 Å². The number of hydrogen-bond acceptors (Lipinski definition) is 2. The van der Waals surface area contributed by atoms with Crippen LogP contribution >= 0.6 is 11.6 Å². The Balaban J connectivity index is 1.89. The fourth-order valence-electron chi connectivity index (χ4n) is 1.54. The molecule has 1 aliphatic carbocycles. The third-order valence-electron chi connectivity index (χ3n) is 2.37. The molecule has 0 aromatic carbocycles. The van der Waals surface area contributed by atoms with Crippen LogP contribution in [0.15, 0.2) is 22.8 Å². The van der Waals surface area contributed by atoms with E-state index in [4.69, 9.17) is 16.0 Å². The van der Waals surface area contributed by atoms with Gasteiger partial charge in [0, 0.05) is 18.5 Å². The summed E-state index contributed by atoms with van der Waals surface area (Å²) in [6.45, 7) is 1.87. The Morgan fingerprint density at radius 1 is 1.54 bits per heavy atom. The van der Waals surface area contributed by atoms with Gasteiger partial charge in [-0.05, 0) is 25.0 Å². The summed E-state index contributed by atoms with van der Waals surface area (Å²) < 4.78 is 5.30. The zero-order chi connectivity index (χ0) is 9.10. The lowest BCUT2D eigenvalue weighted by molar-refractivity contribution is 0.247.